The van der Waals surface area contributed by atoms with Crippen LogP contribution in [0.1, 0.15) is 50.7 Å². The van der Waals surface area contributed by atoms with E-state index in [2.05, 4.69) is 20.9 Å². The van der Waals surface area contributed by atoms with Crippen LogP contribution in [0.15, 0.2) is 72.9 Å². The van der Waals surface area contributed by atoms with Gasteiger partial charge in [-0.3, -0.25) is 4.98 Å². The predicted octanol–water partition coefficient (Wildman–Crippen LogP) is 5.81. The fourth-order valence-corrected chi connectivity index (χ4v) is 5.34. The fraction of sp³-hybridized carbons (Fsp3) is 0.179. The number of benzene rings is 2. The number of aromatic carboxylic acids is 1. The zero-order valence-electron chi connectivity index (χ0n) is 20.1. The average molecular weight is 501 g/mol. The van der Waals surface area contributed by atoms with Crippen LogP contribution in [0.25, 0.3) is 5.69 Å². The molecule has 2 aromatic heterocycles. The van der Waals surface area contributed by atoms with Crippen molar-refractivity contribution in [3.05, 3.63) is 113 Å². The molecule has 1 saturated heterocycles. The van der Waals surface area contributed by atoms with E-state index in [1.165, 1.54) is 12.1 Å². The van der Waals surface area contributed by atoms with E-state index < -0.39 is 5.97 Å². The topological polar surface area (TPSA) is 70.4 Å². The van der Waals surface area contributed by atoms with Crippen LogP contribution >= 0.6 is 12.2 Å². The number of nitrogens with one attached hydrogen (secondary N) is 1. The molecule has 6 nitrogen and oxygen atoms in total. The van der Waals surface area contributed by atoms with Crippen LogP contribution < -0.4 is 10.2 Å². The number of aryl methyl sites for hydroxylation is 2. The number of halogens is 1. The van der Waals surface area contributed by atoms with Gasteiger partial charge < -0.3 is 19.9 Å². The van der Waals surface area contributed by atoms with Crippen LogP contribution in [0.3, 0.4) is 0 Å². The number of hydrogen-bond donors (Lipinski definition) is 2. The molecule has 36 heavy (non-hydrogen) atoms. The minimum atomic E-state index is -0.970. The summed E-state index contributed by atoms with van der Waals surface area (Å²) in [6.45, 7) is 5.99. The zero-order chi connectivity index (χ0) is 25.6. The second-order valence-electron chi connectivity index (χ2n) is 8.94. The third-order valence-corrected chi connectivity index (χ3v) is 7.00. The summed E-state index contributed by atoms with van der Waals surface area (Å²) in [5.74, 6) is -1.29. The molecule has 1 aliphatic heterocycles. The molecule has 2 atom stereocenters. The van der Waals surface area contributed by atoms with E-state index in [4.69, 9.17) is 12.2 Å². The first-order chi connectivity index (χ1) is 17.3. The Kier molecular flexibility index (Phi) is 6.05. The summed E-state index contributed by atoms with van der Waals surface area (Å²) in [7, 11) is 0. The summed E-state index contributed by atoms with van der Waals surface area (Å²) in [5.41, 5.74) is 6.55. The number of aromatic nitrogens is 2. The SMILES string of the molecule is Cc1ccc(C(=O)O)cc1-n1c(C)cc([C@@H]2[C@H](c3ccccn3)NC(=S)N2c2ccc(F)cc2)c1C. The van der Waals surface area contributed by atoms with Gasteiger partial charge in [0.05, 0.1) is 23.3 Å². The van der Waals surface area contributed by atoms with Crippen LogP contribution in [-0.4, -0.2) is 25.7 Å². The van der Waals surface area contributed by atoms with Crippen molar-refractivity contribution in [3.63, 3.8) is 0 Å². The molecule has 0 aliphatic carbocycles. The number of carboxylic acids is 1. The van der Waals surface area contributed by atoms with Gasteiger partial charge in [0.1, 0.15) is 5.82 Å². The van der Waals surface area contributed by atoms with Crippen LogP contribution in [0.5, 0.6) is 0 Å². The number of hydrogen-bond acceptors (Lipinski definition) is 3. The van der Waals surface area contributed by atoms with Crippen molar-refractivity contribution in [1.29, 1.82) is 0 Å². The Morgan fingerprint density at radius 3 is 2.47 bits per heavy atom. The molecule has 0 saturated carbocycles. The Balaban J connectivity index is 1.69. The molecule has 5 rings (SSSR count). The maximum Gasteiger partial charge on any atom is 0.335 e. The van der Waals surface area contributed by atoms with E-state index in [0.717, 1.165) is 39.6 Å². The average Bonchev–Trinajstić information content (AvgIpc) is 3.35. The summed E-state index contributed by atoms with van der Waals surface area (Å²) >= 11 is 5.77. The first-order valence-corrected chi connectivity index (χ1v) is 12.0. The Bertz CT molecular complexity index is 1470. The van der Waals surface area contributed by atoms with Crippen molar-refractivity contribution in [2.24, 2.45) is 0 Å². The molecule has 2 aromatic carbocycles. The summed E-state index contributed by atoms with van der Waals surface area (Å²) in [4.78, 5) is 18.3. The Morgan fingerprint density at radius 2 is 1.81 bits per heavy atom. The lowest BCUT2D eigenvalue weighted by Gasteiger charge is -2.28. The van der Waals surface area contributed by atoms with Gasteiger partial charge in [-0.25, -0.2) is 9.18 Å². The lowest BCUT2D eigenvalue weighted by Crippen LogP contribution is -2.29. The van der Waals surface area contributed by atoms with Crippen molar-refractivity contribution in [1.82, 2.24) is 14.9 Å². The van der Waals surface area contributed by atoms with E-state index in [1.807, 2.05) is 49.9 Å². The Labute approximate surface area is 214 Å². The largest absolute Gasteiger partial charge is 0.478 e. The molecule has 3 heterocycles. The van der Waals surface area contributed by atoms with Gasteiger partial charge in [-0.05, 0) is 98.7 Å². The third-order valence-electron chi connectivity index (χ3n) is 6.69. The smallest absolute Gasteiger partial charge is 0.335 e. The molecule has 0 unspecified atom stereocenters. The second kappa shape index (κ2) is 9.20. The van der Waals surface area contributed by atoms with E-state index >= 15 is 0 Å². The highest BCUT2D eigenvalue weighted by atomic mass is 32.1. The van der Waals surface area contributed by atoms with Gasteiger partial charge in [0.2, 0.25) is 0 Å². The number of carbonyl (C=O) groups is 1. The minimum Gasteiger partial charge on any atom is -0.478 e. The molecule has 0 amide bonds. The number of anilines is 1. The molecular weight excluding hydrogens is 475 g/mol. The number of nitrogens with zero attached hydrogens (tertiary/aromatic N) is 3. The van der Waals surface area contributed by atoms with Crippen LogP contribution in [0.2, 0.25) is 0 Å². The number of pyridine rings is 1. The minimum absolute atomic E-state index is 0.229. The van der Waals surface area contributed by atoms with Gasteiger partial charge in [-0.2, -0.15) is 0 Å². The normalized spacial score (nSPS) is 17.3. The lowest BCUT2D eigenvalue weighted by atomic mass is 9.96. The molecular formula is C28H25FN4O2S. The highest BCUT2D eigenvalue weighted by Gasteiger charge is 2.42. The van der Waals surface area contributed by atoms with Crippen LogP contribution in [-0.2, 0) is 0 Å². The van der Waals surface area contributed by atoms with Gasteiger partial charge in [-0.1, -0.05) is 12.1 Å². The monoisotopic (exact) mass is 500 g/mol. The highest BCUT2D eigenvalue weighted by Crippen LogP contribution is 2.43. The molecule has 0 radical (unpaired) electrons. The molecule has 182 valence electrons. The standard InChI is InChI=1S/C28H25FN4O2S/c1-16-7-8-19(27(34)35)15-24(16)32-17(2)14-22(18(32)3)26-25(23-6-4-5-13-30-23)31-28(36)33(26)21-11-9-20(29)10-12-21/h4-15,25-26H,1-3H3,(H,31,36)(H,34,35)/t25-,26+/m0/s1. The van der Waals surface area contributed by atoms with Gasteiger partial charge in [0.15, 0.2) is 5.11 Å². The molecule has 8 heteroatoms. The van der Waals surface area contributed by atoms with E-state index in [9.17, 15) is 14.3 Å². The van der Waals surface area contributed by atoms with Gasteiger partial charge >= 0.3 is 5.97 Å². The van der Waals surface area contributed by atoms with Crippen LogP contribution in [0, 0.1) is 26.6 Å². The van der Waals surface area contributed by atoms with Gasteiger partial charge in [-0.15, -0.1) is 0 Å². The summed E-state index contributed by atoms with van der Waals surface area (Å²) in [6.07, 6.45) is 1.75. The van der Waals surface area contributed by atoms with Gasteiger partial charge in [0, 0.05) is 29.0 Å². The van der Waals surface area contributed by atoms with Crippen molar-refractivity contribution < 1.29 is 14.3 Å². The van der Waals surface area contributed by atoms with Crippen molar-refractivity contribution in [2.75, 3.05) is 4.90 Å². The third kappa shape index (κ3) is 4.03. The summed E-state index contributed by atoms with van der Waals surface area (Å²) < 4.78 is 15.8. The summed E-state index contributed by atoms with van der Waals surface area (Å²) in [5, 5.41) is 13.5. The van der Waals surface area contributed by atoms with Gasteiger partial charge in [0.25, 0.3) is 0 Å². The number of carboxylic acid groups (broad SMARTS) is 1. The molecule has 0 spiro atoms. The molecule has 4 aromatic rings. The first kappa shape index (κ1) is 23.7. The zero-order valence-corrected chi connectivity index (χ0v) is 20.9. The first-order valence-electron chi connectivity index (χ1n) is 11.6. The van der Waals surface area contributed by atoms with Crippen molar-refractivity contribution >= 4 is 29.0 Å². The molecule has 0 bridgehead atoms. The fourth-order valence-electron chi connectivity index (χ4n) is 4.99. The van der Waals surface area contributed by atoms with E-state index in [-0.39, 0.29) is 23.5 Å². The molecule has 1 aliphatic rings. The quantitative estimate of drug-likeness (QED) is 0.337. The second-order valence-corrected chi connectivity index (χ2v) is 9.33. The predicted molar refractivity (Wildman–Crippen MR) is 141 cm³/mol. The molecule has 1 fully saturated rings. The maximum atomic E-state index is 13.7. The maximum absolute atomic E-state index is 13.7. The van der Waals surface area contributed by atoms with Crippen molar-refractivity contribution in [3.8, 4) is 5.69 Å². The Morgan fingerprint density at radius 1 is 1.06 bits per heavy atom. The number of thiocarbonyl (C=S) groups is 1. The highest BCUT2D eigenvalue weighted by molar-refractivity contribution is 7.80. The van der Waals surface area contributed by atoms with Crippen LogP contribution in [0.4, 0.5) is 10.1 Å². The van der Waals surface area contributed by atoms with E-state index in [1.54, 1.807) is 30.5 Å². The lowest BCUT2D eigenvalue weighted by molar-refractivity contribution is 0.0697. The van der Waals surface area contributed by atoms with Crippen molar-refractivity contribution in [2.45, 2.75) is 32.9 Å². The Hall–Kier alpha value is -4.04. The van der Waals surface area contributed by atoms with E-state index in [0.29, 0.717) is 5.11 Å². The number of rotatable bonds is 5. The molecule has 2 N–H and O–H groups in total. The summed E-state index contributed by atoms with van der Waals surface area (Å²) in [6, 6.07) is 18.8.